The molecule has 0 aliphatic rings. The first-order valence-electron chi connectivity index (χ1n) is 10.2. The smallest absolute Gasteiger partial charge is 0.192 e. The number of ketones is 1. The summed E-state index contributed by atoms with van der Waals surface area (Å²) in [5.41, 5.74) is 0.729. The molecule has 0 aliphatic heterocycles. The molecule has 1 N–H and O–H groups in total. The van der Waals surface area contributed by atoms with Crippen molar-refractivity contribution >= 4 is 25.7 Å². The van der Waals surface area contributed by atoms with Crippen LogP contribution in [0.15, 0.2) is 30.3 Å². The Bertz CT molecular complexity index is 617. The minimum atomic E-state index is -2.07. The van der Waals surface area contributed by atoms with Crippen LogP contribution in [-0.4, -0.2) is 36.8 Å². The molecule has 0 bridgehead atoms. The maximum Gasteiger partial charge on any atom is 0.192 e. The SMILES string of the molecule is CC(C)(C)C(=O)C[C@H](O)[C@@H](Cl)[C@@H](CCc1ccccc1)O[Si](C)(C)C(C)(C)C. The molecular formula is C23H39ClO3Si. The maximum absolute atomic E-state index is 12.4. The number of hydrogen-bond acceptors (Lipinski definition) is 3. The van der Waals surface area contributed by atoms with E-state index in [2.05, 4.69) is 46.0 Å². The third-order valence-electron chi connectivity index (χ3n) is 5.77. The Balaban J connectivity index is 2.96. The highest BCUT2D eigenvalue weighted by Crippen LogP contribution is 2.39. The van der Waals surface area contributed by atoms with Crippen LogP contribution in [0.4, 0.5) is 0 Å². The van der Waals surface area contributed by atoms with Crippen LogP contribution in [0.2, 0.25) is 18.1 Å². The lowest BCUT2D eigenvalue weighted by atomic mass is 9.86. The fourth-order valence-electron chi connectivity index (χ4n) is 2.65. The first-order chi connectivity index (χ1) is 12.6. The van der Waals surface area contributed by atoms with Crippen molar-refractivity contribution in [3.05, 3.63) is 35.9 Å². The summed E-state index contributed by atoms with van der Waals surface area (Å²) < 4.78 is 6.61. The van der Waals surface area contributed by atoms with Crippen molar-refractivity contribution in [1.29, 1.82) is 0 Å². The van der Waals surface area contributed by atoms with Crippen LogP contribution in [0.3, 0.4) is 0 Å². The molecule has 28 heavy (non-hydrogen) atoms. The van der Waals surface area contributed by atoms with Crippen LogP contribution in [0, 0.1) is 5.41 Å². The number of alkyl halides is 1. The first-order valence-corrected chi connectivity index (χ1v) is 13.6. The van der Waals surface area contributed by atoms with Gasteiger partial charge in [0.1, 0.15) is 5.78 Å². The summed E-state index contributed by atoms with van der Waals surface area (Å²) in [5, 5.41) is 10.1. The Kier molecular flexibility index (Phi) is 8.95. The Morgan fingerprint density at radius 2 is 1.64 bits per heavy atom. The zero-order chi connectivity index (χ0) is 21.8. The van der Waals surface area contributed by atoms with Crippen LogP contribution in [0.5, 0.6) is 0 Å². The second-order valence-electron chi connectivity index (χ2n) is 10.3. The molecule has 1 aromatic rings. The van der Waals surface area contributed by atoms with Crippen molar-refractivity contribution in [3.8, 4) is 0 Å². The van der Waals surface area contributed by atoms with Gasteiger partial charge in [-0.15, -0.1) is 11.6 Å². The molecule has 0 spiro atoms. The fraction of sp³-hybridized carbons (Fsp3) is 0.696. The minimum absolute atomic E-state index is 0.0137. The molecule has 0 heterocycles. The van der Waals surface area contributed by atoms with E-state index in [-0.39, 0.29) is 23.3 Å². The predicted molar refractivity (Wildman–Crippen MR) is 122 cm³/mol. The standard InChI is InChI=1S/C23H39ClO3Si/c1-22(2,3)20(26)16-18(25)21(24)19(27-28(7,8)23(4,5)6)15-14-17-12-10-9-11-13-17/h9-13,18-19,21,25H,14-16H2,1-8H3/t18-,19+,21+/m0/s1. The third-order valence-corrected chi connectivity index (χ3v) is 10.8. The van der Waals surface area contributed by atoms with Gasteiger partial charge in [0.15, 0.2) is 8.32 Å². The monoisotopic (exact) mass is 426 g/mol. The molecule has 1 rings (SSSR count). The third kappa shape index (κ3) is 7.62. The van der Waals surface area contributed by atoms with Gasteiger partial charge in [-0.2, -0.15) is 0 Å². The number of rotatable bonds is 9. The van der Waals surface area contributed by atoms with E-state index in [0.717, 1.165) is 6.42 Å². The summed E-state index contributed by atoms with van der Waals surface area (Å²) in [5.74, 6) is 0.0137. The lowest BCUT2D eigenvalue weighted by Crippen LogP contribution is -2.48. The van der Waals surface area contributed by atoms with E-state index in [9.17, 15) is 9.90 Å². The van der Waals surface area contributed by atoms with Gasteiger partial charge in [-0.05, 0) is 36.5 Å². The molecule has 0 unspecified atom stereocenters. The van der Waals surface area contributed by atoms with Crippen molar-refractivity contribution in [3.63, 3.8) is 0 Å². The lowest BCUT2D eigenvalue weighted by molar-refractivity contribution is -0.128. The number of carbonyl (C=O) groups is 1. The molecule has 3 nitrogen and oxygen atoms in total. The van der Waals surface area contributed by atoms with Crippen molar-refractivity contribution in [2.45, 2.75) is 96.5 Å². The van der Waals surface area contributed by atoms with Crippen LogP contribution < -0.4 is 0 Å². The summed E-state index contributed by atoms with van der Waals surface area (Å²) in [4.78, 5) is 12.4. The Morgan fingerprint density at radius 1 is 1.11 bits per heavy atom. The summed E-state index contributed by atoms with van der Waals surface area (Å²) in [7, 11) is -2.07. The topological polar surface area (TPSA) is 46.5 Å². The minimum Gasteiger partial charge on any atom is -0.412 e. The molecule has 0 fully saturated rings. The highest BCUT2D eigenvalue weighted by Gasteiger charge is 2.42. The van der Waals surface area contributed by atoms with Gasteiger partial charge in [0.2, 0.25) is 0 Å². The van der Waals surface area contributed by atoms with Gasteiger partial charge in [-0.25, -0.2) is 0 Å². The average Bonchev–Trinajstić information content (AvgIpc) is 2.56. The number of aryl methyl sites for hydroxylation is 1. The van der Waals surface area contributed by atoms with Crippen LogP contribution in [0.25, 0.3) is 0 Å². The van der Waals surface area contributed by atoms with E-state index in [4.69, 9.17) is 16.0 Å². The average molecular weight is 427 g/mol. The quantitative estimate of drug-likeness (QED) is 0.390. The Morgan fingerprint density at radius 3 is 2.11 bits per heavy atom. The van der Waals surface area contributed by atoms with Crippen molar-refractivity contribution in [2.75, 3.05) is 0 Å². The number of Topliss-reactive ketones (excluding diaryl/α,β-unsaturated/α-hetero) is 1. The number of carbonyl (C=O) groups excluding carboxylic acids is 1. The van der Waals surface area contributed by atoms with E-state index < -0.39 is 25.2 Å². The number of hydrogen-bond donors (Lipinski definition) is 1. The Hall–Kier alpha value is -0.683. The molecule has 0 saturated carbocycles. The van der Waals surface area contributed by atoms with Gasteiger partial charge >= 0.3 is 0 Å². The van der Waals surface area contributed by atoms with E-state index >= 15 is 0 Å². The van der Waals surface area contributed by atoms with Gasteiger partial charge in [0, 0.05) is 11.8 Å². The fourth-order valence-corrected chi connectivity index (χ4v) is 4.38. The zero-order valence-electron chi connectivity index (χ0n) is 18.9. The van der Waals surface area contributed by atoms with E-state index in [1.165, 1.54) is 5.56 Å². The summed E-state index contributed by atoms with van der Waals surface area (Å²) >= 11 is 6.71. The first kappa shape index (κ1) is 25.4. The van der Waals surface area contributed by atoms with E-state index in [1.807, 2.05) is 39.0 Å². The van der Waals surface area contributed by atoms with Crippen molar-refractivity contribution < 1.29 is 14.3 Å². The second kappa shape index (κ2) is 9.88. The molecule has 0 aromatic heterocycles. The van der Waals surface area contributed by atoms with Crippen LogP contribution >= 0.6 is 11.6 Å². The van der Waals surface area contributed by atoms with E-state index in [1.54, 1.807) is 0 Å². The lowest BCUT2D eigenvalue weighted by Gasteiger charge is -2.41. The molecular weight excluding hydrogens is 388 g/mol. The summed E-state index contributed by atoms with van der Waals surface area (Å²) in [6.45, 7) is 16.6. The van der Waals surface area contributed by atoms with E-state index in [0.29, 0.717) is 6.42 Å². The Labute approximate surface area is 178 Å². The largest absolute Gasteiger partial charge is 0.412 e. The van der Waals surface area contributed by atoms with Gasteiger partial charge < -0.3 is 9.53 Å². The number of aliphatic hydroxyl groups excluding tert-OH is 1. The number of benzene rings is 1. The summed E-state index contributed by atoms with van der Waals surface area (Å²) in [6.07, 6.45) is 0.374. The van der Waals surface area contributed by atoms with Crippen LogP contribution in [-0.2, 0) is 15.6 Å². The van der Waals surface area contributed by atoms with Gasteiger partial charge in [0.05, 0.1) is 17.6 Å². The highest BCUT2D eigenvalue weighted by atomic mass is 35.5. The molecule has 160 valence electrons. The van der Waals surface area contributed by atoms with Gasteiger partial charge in [-0.3, -0.25) is 4.79 Å². The second-order valence-corrected chi connectivity index (χ2v) is 15.6. The number of aliphatic hydroxyl groups is 1. The normalized spacial score (nSPS) is 16.5. The van der Waals surface area contributed by atoms with Crippen molar-refractivity contribution in [2.24, 2.45) is 5.41 Å². The zero-order valence-corrected chi connectivity index (χ0v) is 20.6. The van der Waals surface area contributed by atoms with Gasteiger partial charge in [0.25, 0.3) is 0 Å². The maximum atomic E-state index is 12.4. The molecule has 3 atom stereocenters. The predicted octanol–water partition coefficient (Wildman–Crippen LogP) is 5.98. The highest BCUT2D eigenvalue weighted by molar-refractivity contribution is 6.74. The molecule has 0 amide bonds. The van der Waals surface area contributed by atoms with Crippen LogP contribution in [0.1, 0.15) is 59.9 Å². The molecule has 0 radical (unpaired) electrons. The summed E-state index contributed by atoms with van der Waals surface area (Å²) in [6, 6.07) is 10.2. The molecule has 0 saturated heterocycles. The molecule has 1 aromatic carbocycles. The van der Waals surface area contributed by atoms with Gasteiger partial charge in [-0.1, -0.05) is 71.9 Å². The number of halogens is 1. The molecule has 0 aliphatic carbocycles. The van der Waals surface area contributed by atoms with Crippen molar-refractivity contribution in [1.82, 2.24) is 0 Å². The molecule has 5 heteroatoms.